The normalized spacial score (nSPS) is 20.2. The molecule has 0 saturated heterocycles. The molecule has 1 rings (SSSR count). The van der Waals surface area contributed by atoms with E-state index in [1.807, 2.05) is 21.0 Å². The van der Waals surface area contributed by atoms with E-state index in [-0.39, 0.29) is 11.9 Å². The third kappa shape index (κ3) is 4.52. The molecule has 1 amide bonds. The summed E-state index contributed by atoms with van der Waals surface area (Å²) in [5.41, 5.74) is 0. The van der Waals surface area contributed by atoms with Gasteiger partial charge in [-0.05, 0) is 32.2 Å². The van der Waals surface area contributed by atoms with Gasteiger partial charge in [-0.1, -0.05) is 25.7 Å². The lowest BCUT2D eigenvalue weighted by molar-refractivity contribution is -0.130. The first kappa shape index (κ1) is 13.5. The Bertz CT molecular complexity index is 208. The first-order valence-corrected chi connectivity index (χ1v) is 6.56. The molecule has 0 aromatic heterocycles. The maximum Gasteiger partial charge on any atom is 0.238 e. The van der Waals surface area contributed by atoms with Gasteiger partial charge >= 0.3 is 0 Å². The van der Waals surface area contributed by atoms with Crippen molar-refractivity contribution in [2.45, 2.75) is 51.5 Å². The third-order valence-corrected chi connectivity index (χ3v) is 3.50. The van der Waals surface area contributed by atoms with E-state index < -0.39 is 0 Å². The number of nitrogens with one attached hydrogen (secondary N) is 1. The average Bonchev–Trinajstić information content (AvgIpc) is 2.53. The highest BCUT2D eigenvalue weighted by molar-refractivity contribution is 5.80. The van der Waals surface area contributed by atoms with Crippen LogP contribution in [0.15, 0.2) is 0 Å². The zero-order valence-electron chi connectivity index (χ0n) is 11.0. The molecule has 1 aliphatic carbocycles. The van der Waals surface area contributed by atoms with Crippen molar-refractivity contribution in [1.82, 2.24) is 10.2 Å². The fourth-order valence-electron chi connectivity index (χ4n) is 2.39. The second-order valence-corrected chi connectivity index (χ2v) is 5.22. The van der Waals surface area contributed by atoms with Crippen LogP contribution < -0.4 is 5.32 Å². The van der Waals surface area contributed by atoms with Crippen molar-refractivity contribution >= 4 is 5.91 Å². The van der Waals surface area contributed by atoms with Gasteiger partial charge in [0.25, 0.3) is 0 Å². The molecule has 0 radical (unpaired) electrons. The Hall–Kier alpha value is -0.570. The fourth-order valence-corrected chi connectivity index (χ4v) is 2.39. The Labute approximate surface area is 99.6 Å². The van der Waals surface area contributed by atoms with Crippen molar-refractivity contribution in [3.05, 3.63) is 0 Å². The summed E-state index contributed by atoms with van der Waals surface area (Å²) in [5.74, 6) is 0.952. The average molecular weight is 226 g/mol. The van der Waals surface area contributed by atoms with Crippen molar-refractivity contribution in [3.63, 3.8) is 0 Å². The van der Waals surface area contributed by atoms with E-state index in [2.05, 4.69) is 5.32 Å². The molecule has 0 aromatic rings. The SMILES string of the molecule is CC(NCC1CCCCCC1)C(=O)N(C)C. The molecule has 1 atom stereocenters. The molecule has 0 aromatic carbocycles. The molecule has 3 nitrogen and oxygen atoms in total. The van der Waals surface area contributed by atoms with E-state index in [0.717, 1.165) is 12.5 Å². The maximum absolute atomic E-state index is 11.6. The molecule has 1 fully saturated rings. The van der Waals surface area contributed by atoms with Crippen LogP contribution in [0.5, 0.6) is 0 Å². The minimum absolute atomic E-state index is 0.0433. The number of carbonyl (C=O) groups excluding carboxylic acids is 1. The highest BCUT2D eigenvalue weighted by Crippen LogP contribution is 2.22. The number of amides is 1. The van der Waals surface area contributed by atoms with Crippen molar-refractivity contribution < 1.29 is 4.79 Å². The molecule has 94 valence electrons. The van der Waals surface area contributed by atoms with Crippen LogP contribution in [0.25, 0.3) is 0 Å². The quantitative estimate of drug-likeness (QED) is 0.744. The van der Waals surface area contributed by atoms with Gasteiger partial charge in [-0.25, -0.2) is 0 Å². The summed E-state index contributed by atoms with van der Waals surface area (Å²) in [6, 6.07) is -0.0433. The molecular weight excluding hydrogens is 200 g/mol. The van der Waals surface area contributed by atoms with E-state index >= 15 is 0 Å². The molecule has 1 N–H and O–H groups in total. The standard InChI is InChI=1S/C13H26N2O/c1-11(13(16)15(2)3)14-10-12-8-6-4-5-7-9-12/h11-12,14H,4-10H2,1-3H3. The van der Waals surface area contributed by atoms with Gasteiger partial charge in [0, 0.05) is 14.1 Å². The Morgan fingerprint density at radius 3 is 2.31 bits per heavy atom. The molecule has 0 bridgehead atoms. The van der Waals surface area contributed by atoms with E-state index in [1.54, 1.807) is 4.90 Å². The number of carbonyl (C=O) groups is 1. The summed E-state index contributed by atoms with van der Waals surface area (Å²) in [5, 5.41) is 3.37. The van der Waals surface area contributed by atoms with Crippen molar-refractivity contribution in [2.24, 2.45) is 5.92 Å². The van der Waals surface area contributed by atoms with Crippen LogP contribution in [0.3, 0.4) is 0 Å². The van der Waals surface area contributed by atoms with Crippen molar-refractivity contribution in [3.8, 4) is 0 Å². The smallest absolute Gasteiger partial charge is 0.238 e. The van der Waals surface area contributed by atoms with E-state index in [0.29, 0.717) is 0 Å². The molecule has 3 heteroatoms. The zero-order valence-corrected chi connectivity index (χ0v) is 11.0. The van der Waals surface area contributed by atoms with Crippen LogP contribution in [0.1, 0.15) is 45.4 Å². The summed E-state index contributed by atoms with van der Waals surface area (Å²) in [4.78, 5) is 13.3. The molecule has 1 saturated carbocycles. The van der Waals surface area contributed by atoms with Gasteiger partial charge < -0.3 is 10.2 Å². The van der Waals surface area contributed by atoms with Crippen LogP contribution in [0.4, 0.5) is 0 Å². The first-order valence-electron chi connectivity index (χ1n) is 6.56. The van der Waals surface area contributed by atoms with Crippen LogP contribution >= 0.6 is 0 Å². The van der Waals surface area contributed by atoms with E-state index in [4.69, 9.17) is 0 Å². The highest BCUT2D eigenvalue weighted by Gasteiger charge is 2.17. The van der Waals surface area contributed by atoms with E-state index in [9.17, 15) is 4.79 Å². The van der Waals surface area contributed by atoms with Gasteiger partial charge in [-0.3, -0.25) is 4.79 Å². The number of hydrogen-bond donors (Lipinski definition) is 1. The van der Waals surface area contributed by atoms with Gasteiger partial charge in [-0.2, -0.15) is 0 Å². The molecule has 0 spiro atoms. The van der Waals surface area contributed by atoms with Gasteiger partial charge in [-0.15, -0.1) is 0 Å². The van der Waals surface area contributed by atoms with Crippen molar-refractivity contribution in [1.29, 1.82) is 0 Å². The molecule has 0 aliphatic heterocycles. The second kappa shape index (κ2) is 6.89. The fraction of sp³-hybridized carbons (Fsp3) is 0.923. The Balaban J connectivity index is 2.24. The Morgan fingerprint density at radius 2 is 1.81 bits per heavy atom. The van der Waals surface area contributed by atoms with Crippen LogP contribution in [0, 0.1) is 5.92 Å². The van der Waals surface area contributed by atoms with Crippen LogP contribution in [-0.2, 0) is 4.79 Å². The first-order chi connectivity index (χ1) is 7.61. The molecule has 1 aliphatic rings. The van der Waals surface area contributed by atoms with Crippen molar-refractivity contribution in [2.75, 3.05) is 20.6 Å². The second-order valence-electron chi connectivity index (χ2n) is 5.22. The summed E-state index contributed by atoms with van der Waals surface area (Å²) >= 11 is 0. The minimum atomic E-state index is -0.0433. The topological polar surface area (TPSA) is 32.3 Å². The lowest BCUT2D eigenvalue weighted by atomic mass is 10.00. The summed E-state index contributed by atoms with van der Waals surface area (Å²) in [7, 11) is 3.62. The summed E-state index contributed by atoms with van der Waals surface area (Å²) in [6.45, 7) is 2.96. The van der Waals surface area contributed by atoms with Gasteiger partial charge in [0.2, 0.25) is 5.91 Å². The number of rotatable bonds is 4. The molecular formula is C13H26N2O. The van der Waals surface area contributed by atoms with E-state index in [1.165, 1.54) is 38.5 Å². The number of likely N-dealkylation sites (N-methyl/N-ethyl adjacent to an activating group) is 1. The molecule has 0 heterocycles. The Morgan fingerprint density at radius 1 is 1.25 bits per heavy atom. The lowest BCUT2D eigenvalue weighted by Gasteiger charge is -2.21. The van der Waals surface area contributed by atoms with Crippen LogP contribution in [-0.4, -0.2) is 37.5 Å². The van der Waals surface area contributed by atoms with Gasteiger partial charge in [0.05, 0.1) is 6.04 Å². The predicted octanol–water partition coefficient (Wildman–Crippen LogP) is 2.02. The van der Waals surface area contributed by atoms with Gasteiger partial charge in [0.15, 0.2) is 0 Å². The van der Waals surface area contributed by atoms with Crippen LogP contribution in [0.2, 0.25) is 0 Å². The number of nitrogens with zero attached hydrogens (tertiary/aromatic N) is 1. The third-order valence-electron chi connectivity index (χ3n) is 3.50. The molecule has 16 heavy (non-hydrogen) atoms. The summed E-state index contributed by atoms with van der Waals surface area (Å²) in [6.07, 6.45) is 8.17. The molecule has 1 unspecified atom stereocenters. The highest BCUT2D eigenvalue weighted by atomic mass is 16.2. The van der Waals surface area contributed by atoms with Gasteiger partial charge in [0.1, 0.15) is 0 Å². The summed E-state index contributed by atoms with van der Waals surface area (Å²) < 4.78 is 0. The minimum Gasteiger partial charge on any atom is -0.347 e. The largest absolute Gasteiger partial charge is 0.347 e. The lowest BCUT2D eigenvalue weighted by Crippen LogP contribution is -2.43. The zero-order chi connectivity index (χ0) is 12.0. The maximum atomic E-state index is 11.6. The Kier molecular flexibility index (Phi) is 5.81. The monoisotopic (exact) mass is 226 g/mol. The predicted molar refractivity (Wildman–Crippen MR) is 67.4 cm³/mol. The number of hydrogen-bond acceptors (Lipinski definition) is 2.